The van der Waals surface area contributed by atoms with Crippen LogP contribution in [-0.2, 0) is 0 Å². The van der Waals surface area contributed by atoms with Crippen molar-refractivity contribution in [3.05, 3.63) is 12.7 Å². The fraction of sp³-hybridized carbons (Fsp3) is 0.778. The molecule has 1 aliphatic carbocycles. The van der Waals surface area contributed by atoms with E-state index in [2.05, 4.69) is 32.4 Å². The average molecular weight is 154 g/mol. The smallest absolute Gasteiger partial charge is 0.0747 e. The predicted molar refractivity (Wildman–Crippen MR) is 48.1 cm³/mol. The molecule has 2 N–H and O–H groups in total. The number of likely N-dealkylation sites (N-methyl/N-ethyl adjacent to an activating group) is 1. The molecule has 1 rings (SSSR count). The van der Waals surface area contributed by atoms with Crippen LogP contribution in [0.2, 0.25) is 0 Å². The predicted octanol–water partition coefficient (Wildman–Crippen LogP) is 1.19. The topological polar surface area (TPSA) is 29.3 Å². The van der Waals surface area contributed by atoms with Crippen molar-refractivity contribution in [2.75, 3.05) is 13.6 Å². The van der Waals surface area contributed by atoms with Gasteiger partial charge in [0.2, 0.25) is 0 Å². The van der Waals surface area contributed by atoms with Gasteiger partial charge < -0.3 is 5.73 Å². The van der Waals surface area contributed by atoms with Crippen molar-refractivity contribution in [3.63, 3.8) is 0 Å². The highest BCUT2D eigenvalue weighted by atomic mass is 15.3. The first-order valence-corrected chi connectivity index (χ1v) is 4.05. The zero-order valence-corrected chi connectivity index (χ0v) is 7.72. The van der Waals surface area contributed by atoms with Gasteiger partial charge in [0.15, 0.2) is 0 Å². The summed E-state index contributed by atoms with van der Waals surface area (Å²) in [5.41, 5.74) is 6.33. The molecule has 1 aliphatic rings. The highest BCUT2D eigenvalue weighted by Gasteiger charge is 2.60. The average Bonchev–Trinajstić information content (AvgIpc) is 2.35. The van der Waals surface area contributed by atoms with Crippen LogP contribution in [0.15, 0.2) is 12.7 Å². The van der Waals surface area contributed by atoms with Crippen LogP contribution >= 0.6 is 0 Å². The molecule has 0 aromatic carbocycles. The molecule has 0 heterocycles. The quantitative estimate of drug-likeness (QED) is 0.488. The van der Waals surface area contributed by atoms with E-state index in [-0.39, 0.29) is 11.1 Å². The first kappa shape index (κ1) is 8.75. The van der Waals surface area contributed by atoms with Gasteiger partial charge in [-0.15, -0.1) is 6.58 Å². The van der Waals surface area contributed by atoms with Gasteiger partial charge >= 0.3 is 0 Å². The lowest BCUT2D eigenvalue weighted by Gasteiger charge is -2.26. The maximum Gasteiger partial charge on any atom is 0.0747 e. The van der Waals surface area contributed by atoms with Crippen molar-refractivity contribution >= 4 is 0 Å². The van der Waals surface area contributed by atoms with Crippen LogP contribution < -0.4 is 5.73 Å². The molecule has 0 saturated heterocycles. The van der Waals surface area contributed by atoms with Gasteiger partial charge in [0.05, 0.1) is 5.66 Å². The van der Waals surface area contributed by atoms with Gasteiger partial charge in [-0.25, -0.2) is 0 Å². The molecule has 2 heteroatoms. The Labute approximate surface area is 69.1 Å². The van der Waals surface area contributed by atoms with E-state index in [1.807, 2.05) is 6.08 Å². The van der Waals surface area contributed by atoms with Gasteiger partial charge in [-0.05, 0) is 18.9 Å². The van der Waals surface area contributed by atoms with Crippen molar-refractivity contribution < 1.29 is 0 Å². The summed E-state index contributed by atoms with van der Waals surface area (Å²) in [5, 5.41) is 0. The molecule has 0 spiro atoms. The second-order valence-corrected chi connectivity index (χ2v) is 4.15. The summed E-state index contributed by atoms with van der Waals surface area (Å²) in [5.74, 6) is 0. The van der Waals surface area contributed by atoms with Crippen LogP contribution in [0, 0.1) is 5.41 Å². The minimum Gasteiger partial charge on any atom is -0.313 e. The standard InChI is InChI=1S/C9H18N2/c1-5-6-11(4)9(10)7-8(9,2)3/h5H,1,6-7,10H2,2-4H3. The highest BCUT2D eigenvalue weighted by molar-refractivity contribution is 5.13. The second-order valence-electron chi connectivity index (χ2n) is 4.15. The lowest BCUT2D eigenvalue weighted by molar-refractivity contribution is 0.206. The van der Waals surface area contributed by atoms with E-state index in [4.69, 9.17) is 5.73 Å². The Kier molecular flexibility index (Phi) is 1.85. The van der Waals surface area contributed by atoms with E-state index in [1.165, 1.54) is 0 Å². The fourth-order valence-electron chi connectivity index (χ4n) is 1.64. The van der Waals surface area contributed by atoms with Crippen LogP contribution in [0.25, 0.3) is 0 Å². The summed E-state index contributed by atoms with van der Waals surface area (Å²) >= 11 is 0. The zero-order chi connectivity index (χ0) is 8.70. The molecule has 0 bridgehead atoms. The molecule has 11 heavy (non-hydrogen) atoms. The molecule has 0 aliphatic heterocycles. The van der Waals surface area contributed by atoms with Gasteiger partial charge in [-0.3, -0.25) is 4.90 Å². The monoisotopic (exact) mass is 154 g/mol. The van der Waals surface area contributed by atoms with Gasteiger partial charge in [-0.2, -0.15) is 0 Å². The van der Waals surface area contributed by atoms with Crippen molar-refractivity contribution in [1.82, 2.24) is 4.90 Å². The third-order valence-corrected chi connectivity index (χ3v) is 2.84. The Bertz CT molecular complexity index is 174. The Morgan fingerprint density at radius 2 is 2.09 bits per heavy atom. The molecule has 1 atom stereocenters. The zero-order valence-electron chi connectivity index (χ0n) is 7.72. The summed E-state index contributed by atoms with van der Waals surface area (Å²) in [6.45, 7) is 8.97. The normalized spacial score (nSPS) is 33.9. The Morgan fingerprint density at radius 1 is 1.64 bits per heavy atom. The van der Waals surface area contributed by atoms with E-state index < -0.39 is 0 Å². The van der Waals surface area contributed by atoms with Crippen LogP contribution in [0.5, 0.6) is 0 Å². The summed E-state index contributed by atoms with van der Waals surface area (Å²) in [7, 11) is 2.05. The number of hydrogen-bond acceptors (Lipinski definition) is 2. The van der Waals surface area contributed by atoms with Crippen LogP contribution in [0.4, 0.5) is 0 Å². The van der Waals surface area contributed by atoms with E-state index in [0.717, 1.165) is 13.0 Å². The maximum atomic E-state index is 6.13. The van der Waals surface area contributed by atoms with Crippen LogP contribution in [0.3, 0.4) is 0 Å². The van der Waals surface area contributed by atoms with E-state index in [0.29, 0.717) is 0 Å². The second kappa shape index (κ2) is 2.32. The molecular weight excluding hydrogens is 136 g/mol. The first-order valence-electron chi connectivity index (χ1n) is 4.05. The molecule has 0 radical (unpaired) electrons. The molecule has 2 nitrogen and oxygen atoms in total. The minimum absolute atomic E-state index is 0.0822. The third-order valence-electron chi connectivity index (χ3n) is 2.84. The lowest BCUT2D eigenvalue weighted by atomic mass is 10.1. The SMILES string of the molecule is C=CCN(C)C1(N)CC1(C)C. The molecule has 0 aromatic rings. The largest absolute Gasteiger partial charge is 0.313 e. The van der Waals surface area contributed by atoms with E-state index in [9.17, 15) is 0 Å². The van der Waals surface area contributed by atoms with Crippen LogP contribution in [0.1, 0.15) is 20.3 Å². The number of nitrogens with zero attached hydrogens (tertiary/aromatic N) is 1. The summed E-state index contributed by atoms with van der Waals surface area (Å²) in [6, 6.07) is 0. The molecule has 1 unspecified atom stereocenters. The Balaban J connectivity index is 2.56. The van der Waals surface area contributed by atoms with Crippen molar-refractivity contribution in [2.45, 2.75) is 25.9 Å². The molecular formula is C9H18N2. The number of rotatable bonds is 3. The van der Waals surface area contributed by atoms with Gasteiger partial charge in [0.25, 0.3) is 0 Å². The third kappa shape index (κ3) is 1.21. The van der Waals surface area contributed by atoms with Gasteiger partial charge in [-0.1, -0.05) is 19.9 Å². The fourth-order valence-corrected chi connectivity index (χ4v) is 1.64. The summed E-state index contributed by atoms with van der Waals surface area (Å²) < 4.78 is 0. The number of hydrogen-bond donors (Lipinski definition) is 1. The summed E-state index contributed by atoms with van der Waals surface area (Å²) in [4.78, 5) is 2.17. The molecule has 0 aromatic heterocycles. The van der Waals surface area contributed by atoms with Crippen molar-refractivity contribution in [3.8, 4) is 0 Å². The van der Waals surface area contributed by atoms with Gasteiger partial charge in [0.1, 0.15) is 0 Å². The van der Waals surface area contributed by atoms with E-state index >= 15 is 0 Å². The molecule has 1 saturated carbocycles. The molecule has 0 amide bonds. The van der Waals surface area contributed by atoms with Crippen molar-refractivity contribution in [1.29, 1.82) is 0 Å². The molecule has 1 fully saturated rings. The number of nitrogens with two attached hydrogens (primary N) is 1. The highest BCUT2D eigenvalue weighted by Crippen LogP contribution is 2.54. The Hall–Kier alpha value is -0.340. The molecule has 64 valence electrons. The Morgan fingerprint density at radius 3 is 2.36 bits per heavy atom. The van der Waals surface area contributed by atoms with E-state index in [1.54, 1.807) is 0 Å². The maximum absolute atomic E-state index is 6.13. The van der Waals surface area contributed by atoms with Crippen molar-refractivity contribution in [2.24, 2.45) is 11.1 Å². The van der Waals surface area contributed by atoms with Crippen LogP contribution in [-0.4, -0.2) is 24.2 Å². The minimum atomic E-state index is -0.0822. The lowest BCUT2D eigenvalue weighted by Crippen LogP contribution is -2.45. The first-order chi connectivity index (χ1) is 4.94. The van der Waals surface area contributed by atoms with Gasteiger partial charge in [0, 0.05) is 6.54 Å². The summed E-state index contributed by atoms with van der Waals surface area (Å²) in [6.07, 6.45) is 2.98.